The van der Waals surface area contributed by atoms with Crippen molar-refractivity contribution in [2.75, 3.05) is 7.11 Å². The lowest BCUT2D eigenvalue weighted by Crippen LogP contribution is -2.30. The van der Waals surface area contributed by atoms with E-state index in [2.05, 4.69) is 25.9 Å². The minimum atomic E-state index is -0.313. The zero-order chi connectivity index (χ0) is 18.6. The zero-order valence-corrected chi connectivity index (χ0v) is 15.1. The number of rotatable bonds is 5. The summed E-state index contributed by atoms with van der Waals surface area (Å²) in [7, 11) is 1.63. The number of carbonyl (C=O) groups excluding carboxylic acids is 1. The predicted octanol–water partition coefficient (Wildman–Crippen LogP) is 1.45. The molecule has 1 N–H and O–H groups in total. The normalized spacial score (nSPS) is 16.4. The highest BCUT2D eigenvalue weighted by atomic mass is 16.5. The smallest absolute Gasteiger partial charge is 0.231 e. The molecule has 3 heterocycles. The quantitative estimate of drug-likeness (QED) is 0.733. The van der Waals surface area contributed by atoms with Crippen molar-refractivity contribution in [3.05, 3.63) is 48.0 Å². The van der Waals surface area contributed by atoms with Gasteiger partial charge in [0.05, 0.1) is 19.2 Å². The molecule has 1 atom stereocenters. The van der Waals surface area contributed by atoms with Crippen LogP contribution < -0.4 is 10.1 Å². The number of amides is 1. The Balaban J connectivity index is 1.44. The Kier molecular flexibility index (Phi) is 4.82. The Morgan fingerprint density at radius 2 is 2.22 bits per heavy atom. The first-order valence-corrected chi connectivity index (χ1v) is 8.97. The Labute approximate surface area is 156 Å². The molecular formula is C18H21N7O2. The molecular weight excluding hydrogens is 346 g/mol. The second-order valence-electron chi connectivity index (χ2n) is 6.49. The minimum absolute atomic E-state index is 0.0574. The van der Waals surface area contributed by atoms with E-state index in [-0.39, 0.29) is 11.8 Å². The molecule has 27 heavy (non-hydrogen) atoms. The lowest BCUT2D eigenvalue weighted by molar-refractivity contribution is -0.123. The standard InChI is InChI=1S/C18H21N7O2/c1-27-16-8-3-2-7-15(16)25-12-13(11-20-25)10-19-18(26)14-6-4-5-9-24-17(14)21-22-23-24/h2-3,7-8,11-12,14H,4-6,9-10H2,1H3,(H,19,26)/t14-/m1/s1. The number of fused-ring (bicyclic) bond motifs is 1. The van der Waals surface area contributed by atoms with E-state index in [1.165, 1.54) is 0 Å². The third kappa shape index (κ3) is 3.53. The molecule has 0 saturated heterocycles. The number of nitrogens with zero attached hydrogens (tertiary/aromatic N) is 6. The summed E-state index contributed by atoms with van der Waals surface area (Å²) in [6, 6.07) is 7.65. The fourth-order valence-electron chi connectivity index (χ4n) is 3.32. The Bertz CT molecular complexity index is 933. The number of hydrogen-bond acceptors (Lipinski definition) is 6. The van der Waals surface area contributed by atoms with Crippen molar-refractivity contribution in [3.63, 3.8) is 0 Å². The number of ether oxygens (including phenoxy) is 1. The fourth-order valence-corrected chi connectivity index (χ4v) is 3.32. The van der Waals surface area contributed by atoms with E-state index in [0.29, 0.717) is 12.4 Å². The molecule has 3 aromatic rings. The first-order chi connectivity index (χ1) is 13.3. The van der Waals surface area contributed by atoms with Gasteiger partial charge in [0.15, 0.2) is 5.82 Å². The number of para-hydroxylation sites is 2. The molecule has 1 aliphatic heterocycles. The van der Waals surface area contributed by atoms with Gasteiger partial charge in [-0.2, -0.15) is 5.10 Å². The molecule has 0 bridgehead atoms. The number of benzene rings is 1. The summed E-state index contributed by atoms with van der Waals surface area (Å²) in [5.41, 5.74) is 1.75. The molecule has 0 radical (unpaired) electrons. The van der Waals surface area contributed by atoms with Gasteiger partial charge in [-0.25, -0.2) is 9.36 Å². The van der Waals surface area contributed by atoms with Crippen LogP contribution in [-0.4, -0.2) is 43.0 Å². The van der Waals surface area contributed by atoms with E-state index in [9.17, 15) is 4.79 Å². The summed E-state index contributed by atoms with van der Waals surface area (Å²) in [5.74, 6) is 1.01. The molecule has 0 unspecified atom stereocenters. The number of tetrazole rings is 1. The number of hydrogen-bond donors (Lipinski definition) is 1. The summed E-state index contributed by atoms with van der Waals surface area (Å²) in [6.07, 6.45) is 6.33. The Hall–Kier alpha value is -3.23. The summed E-state index contributed by atoms with van der Waals surface area (Å²) >= 11 is 0. The number of aromatic nitrogens is 6. The highest BCUT2D eigenvalue weighted by Gasteiger charge is 2.28. The first-order valence-electron chi connectivity index (χ1n) is 8.97. The van der Waals surface area contributed by atoms with E-state index < -0.39 is 0 Å². The molecule has 9 heteroatoms. The van der Waals surface area contributed by atoms with Crippen LogP contribution in [0.15, 0.2) is 36.7 Å². The molecule has 1 aromatic carbocycles. The maximum absolute atomic E-state index is 12.7. The van der Waals surface area contributed by atoms with Gasteiger partial charge in [0.25, 0.3) is 0 Å². The van der Waals surface area contributed by atoms with Gasteiger partial charge in [-0.3, -0.25) is 4.79 Å². The number of methoxy groups -OCH3 is 1. The van der Waals surface area contributed by atoms with Gasteiger partial charge in [-0.1, -0.05) is 18.6 Å². The first kappa shape index (κ1) is 17.2. The fraction of sp³-hybridized carbons (Fsp3) is 0.389. The summed E-state index contributed by atoms with van der Waals surface area (Å²) in [4.78, 5) is 12.7. The van der Waals surface area contributed by atoms with Crippen LogP contribution >= 0.6 is 0 Å². The summed E-state index contributed by atoms with van der Waals surface area (Å²) in [6.45, 7) is 1.16. The van der Waals surface area contributed by atoms with Crippen LogP contribution in [0, 0.1) is 0 Å². The van der Waals surface area contributed by atoms with E-state index in [4.69, 9.17) is 4.74 Å². The number of carbonyl (C=O) groups is 1. The average Bonchev–Trinajstić information content (AvgIpc) is 3.32. The molecule has 2 aromatic heterocycles. The lowest BCUT2D eigenvalue weighted by atomic mass is 10.0. The van der Waals surface area contributed by atoms with Crippen molar-refractivity contribution in [3.8, 4) is 11.4 Å². The van der Waals surface area contributed by atoms with Crippen LogP contribution in [-0.2, 0) is 17.9 Å². The van der Waals surface area contributed by atoms with E-state index in [1.54, 1.807) is 22.7 Å². The van der Waals surface area contributed by atoms with Crippen LogP contribution in [0.25, 0.3) is 5.69 Å². The molecule has 1 amide bonds. The Morgan fingerprint density at radius 1 is 1.33 bits per heavy atom. The van der Waals surface area contributed by atoms with E-state index >= 15 is 0 Å². The van der Waals surface area contributed by atoms with Gasteiger partial charge >= 0.3 is 0 Å². The predicted molar refractivity (Wildman–Crippen MR) is 96.4 cm³/mol. The highest BCUT2D eigenvalue weighted by molar-refractivity contribution is 5.82. The van der Waals surface area contributed by atoms with Crippen molar-refractivity contribution >= 4 is 5.91 Å². The van der Waals surface area contributed by atoms with Crippen molar-refractivity contribution in [1.82, 2.24) is 35.3 Å². The van der Waals surface area contributed by atoms with Crippen molar-refractivity contribution < 1.29 is 9.53 Å². The van der Waals surface area contributed by atoms with Crippen molar-refractivity contribution in [1.29, 1.82) is 0 Å². The maximum Gasteiger partial charge on any atom is 0.231 e. The zero-order valence-electron chi connectivity index (χ0n) is 15.1. The van der Waals surface area contributed by atoms with Crippen LogP contribution in [0.4, 0.5) is 0 Å². The second kappa shape index (κ2) is 7.56. The molecule has 1 aliphatic rings. The second-order valence-corrected chi connectivity index (χ2v) is 6.49. The molecule has 9 nitrogen and oxygen atoms in total. The van der Waals surface area contributed by atoms with Gasteiger partial charge in [0.2, 0.25) is 5.91 Å². The van der Waals surface area contributed by atoms with Crippen molar-refractivity contribution in [2.24, 2.45) is 0 Å². The van der Waals surface area contributed by atoms with E-state index in [1.807, 2.05) is 30.5 Å². The molecule has 0 saturated carbocycles. The van der Waals surface area contributed by atoms with Gasteiger partial charge < -0.3 is 10.1 Å². The summed E-state index contributed by atoms with van der Waals surface area (Å²) in [5, 5.41) is 19.1. The maximum atomic E-state index is 12.7. The third-order valence-electron chi connectivity index (χ3n) is 4.74. The highest BCUT2D eigenvalue weighted by Crippen LogP contribution is 2.24. The minimum Gasteiger partial charge on any atom is -0.494 e. The number of nitrogens with one attached hydrogen (secondary N) is 1. The Morgan fingerprint density at radius 3 is 3.11 bits per heavy atom. The number of aryl methyl sites for hydroxylation is 1. The molecule has 140 valence electrons. The molecule has 0 aliphatic carbocycles. The van der Waals surface area contributed by atoms with Gasteiger partial charge in [-0.05, 0) is 35.4 Å². The SMILES string of the molecule is COc1ccccc1-n1cc(CNC(=O)[C@@H]2CCCCn3nnnc32)cn1. The summed E-state index contributed by atoms with van der Waals surface area (Å²) < 4.78 is 8.85. The molecule has 0 spiro atoms. The molecule has 0 fully saturated rings. The van der Waals surface area contributed by atoms with Crippen LogP contribution in [0.3, 0.4) is 0 Å². The van der Waals surface area contributed by atoms with Crippen LogP contribution in [0.5, 0.6) is 5.75 Å². The molecule has 4 rings (SSSR count). The van der Waals surface area contributed by atoms with Crippen LogP contribution in [0.2, 0.25) is 0 Å². The van der Waals surface area contributed by atoms with Gasteiger partial charge in [-0.15, -0.1) is 5.10 Å². The third-order valence-corrected chi connectivity index (χ3v) is 4.74. The lowest BCUT2D eigenvalue weighted by Gasteiger charge is -2.12. The van der Waals surface area contributed by atoms with E-state index in [0.717, 1.165) is 42.8 Å². The average molecular weight is 367 g/mol. The topological polar surface area (TPSA) is 99.8 Å². The largest absolute Gasteiger partial charge is 0.494 e. The van der Waals surface area contributed by atoms with Crippen LogP contribution in [0.1, 0.15) is 36.6 Å². The van der Waals surface area contributed by atoms with Gasteiger partial charge in [0, 0.05) is 24.8 Å². The van der Waals surface area contributed by atoms with Gasteiger partial charge in [0.1, 0.15) is 11.4 Å². The van der Waals surface area contributed by atoms with Crippen molar-refractivity contribution in [2.45, 2.75) is 38.3 Å². The monoisotopic (exact) mass is 367 g/mol.